The lowest BCUT2D eigenvalue weighted by Crippen LogP contribution is -2.62. The molecule has 9 nitrogen and oxygen atoms in total. The molecule has 32 heavy (non-hydrogen) atoms. The maximum atomic E-state index is 12.5. The number of allylic oxidation sites excluding steroid dienone is 1. The number of amides is 1. The van der Waals surface area contributed by atoms with Crippen LogP contribution in [0.5, 0.6) is 0 Å². The molecule has 2 atom stereocenters. The Bertz CT molecular complexity index is 982. The van der Waals surface area contributed by atoms with Crippen LogP contribution in [0, 0.1) is 5.41 Å². The van der Waals surface area contributed by atoms with Crippen molar-refractivity contribution in [2.75, 3.05) is 30.8 Å². The number of rotatable bonds is 8. The number of anilines is 1. The van der Waals surface area contributed by atoms with Crippen LogP contribution in [0.1, 0.15) is 19.7 Å². The second kappa shape index (κ2) is 10.6. The van der Waals surface area contributed by atoms with E-state index in [1.807, 2.05) is 17.2 Å². The number of hydrogen-bond donors (Lipinski definition) is 3. The van der Waals surface area contributed by atoms with Crippen molar-refractivity contribution in [3.8, 4) is 11.4 Å². The van der Waals surface area contributed by atoms with Crippen molar-refractivity contribution >= 4 is 35.5 Å². The number of carbonyl (C=O) groups is 1. The number of H-pyrrole nitrogens is 1. The van der Waals surface area contributed by atoms with Crippen molar-refractivity contribution in [1.29, 1.82) is 5.41 Å². The normalized spacial score (nSPS) is 19.2. The summed E-state index contributed by atoms with van der Waals surface area (Å²) in [4.78, 5) is 32.0. The van der Waals surface area contributed by atoms with E-state index in [2.05, 4.69) is 36.5 Å². The van der Waals surface area contributed by atoms with E-state index < -0.39 is 12.1 Å². The number of imidazole rings is 1. The van der Waals surface area contributed by atoms with E-state index >= 15 is 0 Å². The van der Waals surface area contributed by atoms with Crippen LogP contribution in [0.25, 0.3) is 17.5 Å². The lowest BCUT2D eigenvalue weighted by Gasteiger charge is -2.46. The van der Waals surface area contributed by atoms with Crippen molar-refractivity contribution in [1.82, 2.24) is 29.6 Å². The Morgan fingerprint density at radius 1 is 1.41 bits per heavy atom. The molecule has 2 unspecified atom stereocenters. The molecular weight excluding hydrogens is 438 g/mol. The molecular formula is C20H26F2N8OS. The van der Waals surface area contributed by atoms with E-state index in [9.17, 15) is 13.6 Å². The Morgan fingerprint density at radius 3 is 2.88 bits per heavy atom. The van der Waals surface area contributed by atoms with Crippen LogP contribution in [0.4, 0.5) is 14.6 Å². The van der Waals surface area contributed by atoms with E-state index in [1.165, 1.54) is 24.4 Å². The van der Waals surface area contributed by atoms with E-state index in [-0.39, 0.29) is 18.0 Å². The molecule has 2 aromatic heterocycles. The second-order valence-electron chi connectivity index (χ2n) is 7.30. The predicted octanol–water partition coefficient (Wildman–Crippen LogP) is 2.46. The average molecular weight is 465 g/mol. The van der Waals surface area contributed by atoms with Crippen molar-refractivity contribution in [3.05, 3.63) is 30.5 Å². The third-order valence-electron chi connectivity index (χ3n) is 5.35. The monoisotopic (exact) mass is 464 g/mol. The molecule has 1 aliphatic heterocycles. The summed E-state index contributed by atoms with van der Waals surface area (Å²) in [5.41, 5.74) is 0.426. The van der Waals surface area contributed by atoms with E-state index in [0.29, 0.717) is 36.8 Å². The molecule has 3 heterocycles. The molecule has 0 saturated carbocycles. The van der Waals surface area contributed by atoms with Gasteiger partial charge < -0.3 is 14.8 Å². The first-order chi connectivity index (χ1) is 15.3. The highest BCUT2D eigenvalue weighted by atomic mass is 32.2. The Kier molecular flexibility index (Phi) is 7.91. The first kappa shape index (κ1) is 23.8. The lowest BCUT2D eigenvalue weighted by molar-refractivity contribution is -0.132. The van der Waals surface area contributed by atoms with Gasteiger partial charge in [0.05, 0.1) is 29.3 Å². The third kappa shape index (κ3) is 5.49. The zero-order valence-electron chi connectivity index (χ0n) is 18.0. The van der Waals surface area contributed by atoms with Gasteiger partial charge in [0.2, 0.25) is 5.91 Å². The van der Waals surface area contributed by atoms with Gasteiger partial charge in [-0.2, -0.15) is 0 Å². The first-order valence-corrected chi connectivity index (χ1v) is 11.3. The van der Waals surface area contributed by atoms with Crippen LogP contribution < -0.4 is 9.62 Å². The predicted molar refractivity (Wildman–Crippen MR) is 122 cm³/mol. The Labute approximate surface area is 189 Å². The summed E-state index contributed by atoms with van der Waals surface area (Å²) in [7, 11) is 0. The molecule has 0 aromatic carbocycles. The van der Waals surface area contributed by atoms with Gasteiger partial charge in [-0.1, -0.05) is 11.9 Å². The topological polar surface area (TPSA) is 114 Å². The zero-order valence-corrected chi connectivity index (χ0v) is 18.9. The molecule has 1 saturated heterocycles. The number of aromatic nitrogens is 4. The number of alkyl halides is 2. The summed E-state index contributed by atoms with van der Waals surface area (Å²) >= 11 is 1.51. The molecule has 0 radical (unpaired) electrons. The molecule has 1 fully saturated rings. The lowest BCUT2D eigenvalue weighted by atomic mass is 10.0. The summed E-state index contributed by atoms with van der Waals surface area (Å²) in [6.45, 7) is 5.54. The Hall–Kier alpha value is -2.86. The fraction of sp³-hybridized carbons (Fsp3) is 0.450. The molecule has 2 aromatic rings. The maximum Gasteiger partial charge on any atom is 0.279 e. The van der Waals surface area contributed by atoms with E-state index in [1.54, 1.807) is 13.1 Å². The van der Waals surface area contributed by atoms with E-state index in [4.69, 9.17) is 5.41 Å². The third-order valence-corrected chi connectivity index (χ3v) is 5.80. The van der Waals surface area contributed by atoms with Crippen molar-refractivity contribution in [2.24, 2.45) is 0 Å². The minimum absolute atomic E-state index is 0.0128. The van der Waals surface area contributed by atoms with Crippen LogP contribution in [0.2, 0.25) is 0 Å². The average Bonchev–Trinajstić information content (AvgIpc) is 3.25. The zero-order chi connectivity index (χ0) is 23.3. The number of carbonyl (C=O) groups excluding carboxylic acids is 1. The van der Waals surface area contributed by atoms with Crippen molar-refractivity contribution in [2.45, 2.75) is 32.4 Å². The molecule has 0 aliphatic carbocycles. The number of nitrogens with one attached hydrogen (secondary N) is 3. The van der Waals surface area contributed by atoms with Crippen LogP contribution >= 0.6 is 11.9 Å². The van der Waals surface area contributed by atoms with Gasteiger partial charge >= 0.3 is 0 Å². The minimum atomic E-state index is -2.83. The Morgan fingerprint density at radius 2 is 2.19 bits per heavy atom. The summed E-state index contributed by atoms with van der Waals surface area (Å²) in [5, 5.41) is 7.19. The van der Waals surface area contributed by atoms with Gasteiger partial charge in [-0.25, -0.2) is 23.7 Å². The second-order valence-corrected chi connectivity index (χ2v) is 8.00. The summed E-state index contributed by atoms with van der Waals surface area (Å²) in [6.07, 6.45) is 4.48. The number of piperazine rings is 1. The quantitative estimate of drug-likeness (QED) is 0.406. The van der Waals surface area contributed by atoms with Crippen LogP contribution in [-0.4, -0.2) is 80.9 Å². The molecule has 12 heteroatoms. The SMILES string of the molecule is CSNCC1C(C)N(c2cc(-c3cnc(/C=C\C(=N)C(F)F)[nH]3)ncn2)CCN1C(C)=O. The fourth-order valence-corrected chi connectivity index (χ4v) is 4.00. The van der Waals surface area contributed by atoms with Gasteiger partial charge in [-0.3, -0.25) is 14.9 Å². The van der Waals surface area contributed by atoms with Gasteiger partial charge in [0, 0.05) is 38.7 Å². The molecule has 1 amide bonds. The standard InChI is InChI=1S/C20H26F2N8OS/c1-12-17(10-27-32-3)30(13(2)31)7-6-29(12)19-8-15(25-11-26-19)16-9-24-18(28-16)5-4-14(23)20(21)22/h4-5,8-9,11-12,17,20,23,27H,6-7,10H2,1-3H3,(H,24,28)/b5-4-,23-14?. The minimum Gasteiger partial charge on any atom is -0.350 e. The number of halogens is 2. The Balaban J connectivity index is 1.80. The summed E-state index contributed by atoms with van der Waals surface area (Å²) in [5.74, 6) is 1.12. The van der Waals surface area contributed by atoms with Gasteiger partial charge in [0.15, 0.2) is 0 Å². The molecule has 1 aliphatic rings. The first-order valence-electron chi connectivity index (χ1n) is 10.0. The molecule has 0 bridgehead atoms. The summed E-state index contributed by atoms with van der Waals surface area (Å²) in [6, 6.07) is 1.85. The fourth-order valence-electron chi connectivity index (χ4n) is 3.66. The number of nitrogens with zero attached hydrogens (tertiary/aromatic N) is 5. The largest absolute Gasteiger partial charge is 0.350 e. The van der Waals surface area contributed by atoms with Crippen LogP contribution in [0.15, 0.2) is 24.7 Å². The number of hydrogen-bond acceptors (Lipinski definition) is 8. The molecule has 0 spiro atoms. The van der Waals surface area contributed by atoms with Gasteiger partial charge in [-0.05, 0) is 25.3 Å². The maximum absolute atomic E-state index is 12.5. The highest BCUT2D eigenvalue weighted by Gasteiger charge is 2.35. The summed E-state index contributed by atoms with van der Waals surface area (Å²) < 4.78 is 28.2. The number of aromatic amines is 1. The van der Waals surface area contributed by atoms with E-state index in [0.717, 1.165) is 11.9 Å². The van der Waals surface area contributed by atoms with Gasteiger partial charge in [0.1, 0.15) is 18.0 Å². The van der Waals surface area contributed by atoms with Crippen molar-refractivity contribution < 1.29 is 13.6 Å². The van der Waals surface area contributed by atoms with Gasteiger partial charge in [0.25, 0.3) is 6.43 Å². The van der Waals surface area contributed by atoms with Crippen LogP contribution in [0.3, 0.4) is 0 Å². The molecule has 3 rings (SSSR count). The highest BCUT2D eigenvalue weighted by Crippen LogP contribution is 2.26. The van der Waals surface area contributed by atoms with Crippen molar-refractivity contribution in [3.63, 3.8) is 0 Å². The smallest absolute Gasteiger partial charge is 0.279 e. The van der Waals surface area contributed by atoms with Gasteiger partial charge in [-0.15, -0.1) is 0 Å². The highest BCUT2D eigenvalue weighted by molar-refractivity contribution is 7.96. The van der Waals surface area contributed by atoms with Crippen LogP contribution in [-0.2, 0) is 4.79 Å². The molecule has 3 N–H and O–H groups in total. The molecule has 172 valence electrons.